The van der Waals surface area contributed by atoms with Gasteiger partial charge in [-0.15, -0.1) is 22.7 Å². The largest absolute Gasteiger partial charge is 0.481 e. The van der Waals surface area contributed by atoms with Gasteiger partial charge in [-0.1, -0.05) is 0 Å². The molecule has 0 aliphatic heterocycles. The summed E-state index contributed by atoms with van der Waals surface area (Å²) in [5, 5.41) is 12.9. The van der Waals surface area contributed by atoms with Gasteiger partial charge in [0, 0.05) is 10.8 Å². The third-order valence-electron chi connectivity index (χ3n) is 1.55. The van der Waals surface area contributed by atoms with Crippen LogP contribution in [0.25, 0.3) is 11.4 Å². The van der Waals surface area contributed by atoms with Gasteiger partial charge in [0.15, 0.2) is 0 Å². The number of hydrogen-bond acceptors (Lipinski definition) is 5. The maximum Gasteiger partial charge on any atom is 0.310 e. The molecule has 0 radical (unpaired) electrons. The number of aliphatic carboxylic acids is 1. The molecule has 14 heavy (non-hydrogen) atoms. The fourth-order valence-electron chi connectivity index (χ4n) is 0.978. The monoisotopic (exact) mass is 226 g/mol. The Morgan fingerprint density at radius 1 is 1.43 bits per heavy atom. The highest BCUT2D eigenvalue weighted by Crippen LogP contribution is 2.21. The zero-order valence-corrected chi connectivity index (χ0v) is 8.64. The van der Waals surface area contributed by atoms with E-state index in [9.17, 15) is 4.79 Å². The number of hydrogen-bond donors (Lipinski definition) is 1. The summed E-state index contributed by atoms with van der Waals surface area (Å²) >= 11 is 2.84. The first-order valence-electron chi connectivity index (χ1n) is 3.80. The van der Waals surface area contributed by atoms with E-state index in [4.69, 9.17) is 5.11 Å². The molecule has 0 bridgehead atoms. The molecule has 0 saturated carbocycles. The minimum absolute atomic E-state index is 0.0190. The first-order chi connectivity index (χ1) is 6.75. The van der Waals surface area contributed by atoms with E-state index in [0.717, 1.165) is 11.4 Å². The van der Waals surface area contributed by atoms with E-state index in [2.05, 4.69) is 9.97 Å². The number of carbonyl (C=O) groups is 1. The van der Waals surface area contributed by atoms with Crippen LogP contribution < -0.4 is 0 Å². The van der Waals surface area contributed by atoms with Crippen LogP contribution in [-0.4, -0.2) is 21.0 Å². The number of thiazole rings is 2. The molecule has 2 aromatic rings. The van der Waals surface area contributed by atoms with Crippen molar-refractivity contribution in [2.75, 3.05) is 0 Å². The fraction of sp³-hybridized carbons (Fsp3) is 0.125. The van der Waals surface area contributed by atoms with Crippen molar-refractivity contribution in [3.8, 4) is 11.4 Å². The molecule has 0 aliphatic carbocycles. The standard InChI is InChI=1S/C8H6N2O2S2/c11-8(12)1-7-10-6(3-14-7)5-2-13-4-9-5/h2-4H,1H2,(H,11,12). The van der Waals surface area contributed by atoms with Crippen LogP contribution in [0.15, 0.2) is 16.3 Å². The molecule has 2 heterocycles. The van der Waals surface area contributed by atoms with Gasteiger partial charge in [-0.05, 0) is 0 Å². The predicted octanol–water partition coefficient (Wildman–Crippen LogP) is 1.89. The van der Waals surface area contributed by atoms with Crippen LogP contribution >= 0.6 is 22.7 Å². The average molecular weight is 226 g/mol. The molecule has 0 atom stereocenters. The van der Waals surface area contributed by atoms with Crippen LogP contribution in [0.4, 0.5) is 0 Å². The summed E-state index contributed by atoms with van der Waals surface area (Å²) in [4.78, 5) is 18.7. The van der Waals surface area contributed by atoms with Crippen LogP contribution in [0.2, 0.25) is 0 Å². The van der Waals surface area contributed by atoms with Gasteiger partial charge in [0.2, 0.25) is 0 Å². The fourth-order valence-corrected chi connectivity index (χ4v) is 2.30. The molecule has 0 aromatic carbocycles. The lowest BCUT2D eigenvalue weighted by atomic mass is 10.4. The molecule has 2 aromatic heterocycles. The van der Waals surface area contributed by atoms with Crippen LogP contribution in [0.5, 0.6) is 0 Å². The number of nitrogens with zero attached hydrogens (tertiary/aromatic N) is 2. The second kappa shape index (κ2) is 3.85. The summed E-state index contributed by atoms with van der Waals surface area (Å²) in [6.45, 7) is 0. The highest BCUT2D eigenvalue weighted by Gasteiger charge is 2.08. The molecule has 72 valence electrons. The van der Waals surface area contributed by atoms with Gasteiger partial charge in [0.25, 0.3) is 0 Å². The van der Waals surface area contributed by atoms with Crippen molar-refractivity contribution in [1.29, 1.82) is 0 Å². The van der Waals surface area contributed by atoms with Crippen LogP contribution in [0, 0.1) is 0 Å². The quantitative estimate of drug-likeness (QED) is 0.868. The maximum atomic E-state index is 10.4. The number of carboxylic acid groups (broad SMARTS) is 1. The zero-order valence-electron chi connectivity index (χ0n) is 7.01. The average Bonchev–Trinajstić information content (AvgIpc) is 2.69. The number of aromatic nitrogens is 2. The summed E-state index contributed by atoms with van der Waals surface area (Å²) in [5.74, 6) is -0.857. The second-order valence-electron chi connectivity index (χ2n) is 2.57. The van der Waals surface area contributed by atoms with Crippen LogP contribution in [0.1, 0.15) is 5.01 Å². The van der Waals surface area contributed by atoms with E-state index in [0.29, 0.717) is 5.01 Å². The minimum atomic E-state index is -0.857. The summed E-state index contributed by atoms with van der Waals surface area (Å²) in [6.07, 6.45) is -0.0190. The Kier molecular flexibility index (Phi) is 2.55. The van der Waals surface area contributed by atoms with Gasteiger partial charge in [-0.3, -0.25) is 4.79 Å². The Balaban J connectivity index is 2.22. The van der Waals surface area contributed by atoms with E-state index >= 15 is 0 Å². The molecule has 1 N–H and O–H groups in total. The first-order valence-corrected chi connectivity index (χ1v) is 5.62. The molecule has 0 aliphatic rings. The third kappa shape index (κ3) is 1.97. The van der Waals surface area contributed by atoms with Crippen molar-refractivity contribution in [2.45, 2.75) is 6.42 Å². The Hall–Kier alpha value is -1.27. The van der Waals surface area contributed by atoms with Crippen molar-refractivity contribution in [3.05, 3.63) is 21.3 Å². The van der Waals surface area contributed by atoms with Gasteiger partial charge < -0.3 is 5.11 Å². The molecule has 0 amide bonds. The zero-order chi connectivity index (χ0) is 9.97. The lowest BCUT2D eigenvalue weighted by Gasteiger charge is -1.87. The summed E-state index contributed by atoms with van der Waals surface area (Å²) in [5.41, 5.74) is 3.29. The van der Waals surface area contributed by atoms with E-state index in [1.165, 1.54) is 22.7 Å². The lowest BCUT2D eigenvalue weighted by Crippen LogP contribution is -1.99. The number of rotatable bonds is 3. The van der Waals surface area contributed by atoms with Crippen LogP contribution in [0.3, 0.4) is 0 Å². The molecule has 0 fully saturated rings. The van der Waals surface area contributed by atoms with Crippen LogP contribution in [-0.2, 0) is 11.2 Å². The van der Waals surface area contributed by atoms with Crippen molar-refractivity contribution in [2.24, 2.45) is 0 Å². The van der Waals surface area contributed by atoms with Crippen molar-refractivity contribution in [3.63, 3.8) is 0 Å². The van der Waals surface area contributed by atoms with E-state index in [-0.39, 0.29) is 6.42 Å². The topological polar surface area (TPSA) is 63.1 Å². The normalized spacial score (nSPS) is 10.3. The molecule has 0 unspecified atom stereocenters. The Morgan fingerprint density at radius 3 is 2.93 bits per heavy atom. The van der Waals surface area contributed by atoms with E-state index < -0.39 is 5.97 Å². The smallest absolute Gasteiger partial charge is 0.310 e. The molecule has 0 spiro atoms. The third-order valence-corrected chi connectivity index (χ3v) is 2.98. The van der Waals surface area contributed by atoms with Gasteiger partial charge in [0.1, 0.15) is 16.4 Å². The molecular formula is C8H6N2O2S2. The summed E-state index contributed by atoms with van der Waals surface area (Å²) in [7, 11) is 0. The van der Waals surface area contributed by atoms with Gasteiger partial charge in [-0.2, -0.15) is 0 Å². The predicted molar refractivity (Wildman–Crippen MR) is 54.6 cm³/mol. The van der Waals surface area contributed by atoms with Gasteiger partial charge in [-0.25, -0.2) is 9.97 Å². The molecule has 0 saturated heterocycles. The van der Waals surface area contributed by atoms with E-state index in [1.807, 2.05) is 10.8 Å². The molecule has 6 heteroatoms. The van der Waals surface area contributed by atoms with Crippen molar-refractivity contribution < 1.29 is 9.90 Å². The molecular weight excluding hydrogens is 220 g/mol. The molecule has 2 rings (SSSR count). The highest BCUT2D eigenvalue weighted by molar-refractivity contribution is 7.10. The maximum absolute atomic E-state index is 10.4. The summed E-state index contributed by atoms with van der Waals surface area (Å²) < 4.78 is 0. The van der Waals surface area contributed by atoms with Crippen molar-refractivity contribution in [1.82, 2.24) is 9.97 Å². The SMILES string of the molecule is O=C(O)Cc1nc(-c2cscn2)cs1. The number of carboxylic acids is 1. The highest BCUT2D eigenvalue weighted by atomic mass is 32.1. The Bertz CT molecular complexity index is 436. The van der Waals surface area contributed by atoms with Crippen molar-refractivity contribution >= 4 is 28.6 Å². The van der Waals surface area contributed by atoms with Gasteiger partial charge >= 0.3 is 5.97 Å². The Labute approximate surface area is 87.9 Å². The Morgan fingerprint density at radius 2 is 2.29 bits per heavy atom. The van der Waals surface area contributed by atoms with E-state index in [1.54, 1.807) is 5.51 Å². The molecule has 4 nitrogen and oxygen atoms in total. The lowest BCUT2D eigenvalue weighted by molar-refractivity contribution is -0.136. The second-order valence-corrected chi connectivity index (χ2v) is 4.23. The first kappa shape index (κ1) is 9.29. The van der Waals surface area contributed by atoms with Gasteiger partial charge in [0.05, 0.1) is 11.9 Å². The summed E-state index contributed by atoms with van der Waals surface area (Å²) in [6, 6.07) is 0. The minimum Gasteiger partial charge on any atom is -0.481 e.